The molecule has 0 atom stereocenters. The molecule has 1 heterocycles. The first-order valence-corrected chi connectivity index (χ1v) is 12.3. The molecular weight excluding hydrogens is 555 g/mol. The van der Waals surface area contributed by atoms with Gasteiger partial charge in [-0.05, 0) is 89.5 Å². The quantitative estimate of drug-likeness (QED) is 0.334. The minimum absolute atomic E-state index is 0.250. The number of nitrogens with one attached hydrogen (secondary N) is 1. The van der Waals surface area contributed by atoms with Crippen molar-refractivity contribution in [1.82, 2.24) is 4.90 Å². The normalized spacial score (nSPS) is 14.7. The van der Waals surface area contributed by atoms with Crippen LogP contribution in [0.5, 0.6) is 11.5 Å². The fourth-order valence-corrected chi connectivity index (χ4v) is 4.91. The van der Waals surface area contributed by atoms with E-state index in [1.165, 1.54) is 0 Å². The highest BCUT2D eigenvalue weighted by molar-refractivity contribution is 14.1. The highest BCUT2D eigenvalue weighted by Gasteiger charge is 2.36. The smallest absolute Gasteiger partial charge is 0.294 e. The van der Waals surface area contributed by atoms with Crippen LogP contribution in [0.1, 0.15) is 30.0 Å². The summed E-state index contributed by atoms with van der Waals surface area (Å²) in [6, 6.07) is 9.30. The van der Waals surface area contributed by atoms with Crippen LogP contribution >= 0.6 is 34.4 Å². The number of imide groups is 1. The fourth-order valence-electron chi connectivity index (χ4n) is 3.29. The van der Waals surface area contributed by atoms with Crippen molar-refractivity contribution >= 4 is 63.2 Å². The monoisotopic (exact) mass is 580 g/mol. The van der Waals surface area contributed by atoms with Gasteiger partial charge in [0.15, 0.2) is 11.5 Å². The Kier molecular flexibility index (Phi) is 8.41. The number of anilines is 1. The molecular formula is C24H25IN2O5S. The summed E-state index contributed by atoms with van der Waals surface area (Å²) in [5, 5.41) is 2.33. The molecule has 0 radical (unpaired) electrons. The lowest BCUT2D eigenvalue weighted by molar-refractivity contribution is -0.127. The highest BCUT2D eigenvalue weighted by Crippen LogP contribution is 2.37. The number of methoxy groups -OCH3 is 1. The highest BCUT2D eigenvalue weighted by atomic mass is 127. The zero-order valence-electron chi connectivity index (χ0n) is 18.9. The van der Waals surface area contributed by atoms with Crippen molar-refractivity contribution in [2.45, 2.75) is 27.2 Å². The summed E-state index contributed by atoms with van der Waals surface area (Å²) in [6.45, 7) is 6.01. The zero-order valence-corrected chi connectivity index (χ0v) is 21.8. The predicted octanol–water partition coefficient (Wildman–Crippen LogP) is 5.38. The molecule has 2 aromatic rings. The van der Waals surface area contributed by atoms with Crippen molar-refractivity contribution in [2.24, 2.45) is 0 Å². The maximum atomic E-state index is 12.9. The van der Waals surface area contributed by atoms with Crippen LogP contribution in [0.2, 0.25) is 0 Å². The Balaban J connectivity index is 1.77. The zero-order chi connectivity index (χ0) is 24.1. The van der Waals surface area contributed by atoms with E-state index in [1.54, 1.807) is 19.3 Å². The molecule has 0 saturated carbocycles. The summed E-state index contributed by atoms with van der Waals surface area (Å²) in [4.78, 5) is 39.1. The molecule has 3 rings (SSSR count). The Morgan fingerprint density at radius 3 is 2.55 bits per heavy atom. The number of hydrogen-bond acceptors (Lipinski definition) is 6. The van der Waals surface area contributed by atoms with E-state index in [9.17, 15) is 14.4 Å². The van der Waals surface area contributed by atoms with Crippen LogP contribution in [0.25, 0.3) is 6.08 Å². The van der Waals surface area contributed by atoms with Gasteiger partial charge in [0.05, 0.1) is 22.2 Å². The Morgan fingerprint density at radius 1 is 1.21 bits per heavy atom. The van der Waals surface area contributed by atoms with E-state index in [1.807, 2.05) is 45.0 Å². The molecule has 0 aromatic heterocycles. The Morgan fingerprint density at radius 2 is 1.91 bits per heavy atom. The van der Waals surface area contributed by atoms with Crippen molar-refractivity contribution in [1.29, 1.82) is 0 Å². The first-order valence-electron chi connectivity index (χ1n) is 10.4. The molecule has 0 bridgehead atoms. The van der Waals surface area contributed by atoms with E-state index in [0.717, 1.165) is 37.8 Å². The molecule has 0 aliphatic carbocycles. The number of para-hydroxylation sites is 1. The summed E-state index contributed by atoms with van der Waals surface area (Å²) in [5.41, 5.74) is 3.21. The molecule has 9 heteroatoms. The number of carbonyl (C=O) groups excluding carboxylic acids is 3. The molecule has 7 nitrogen and oxygen atoms in total. The van der Waals surface area contributed by atoms with Gasteiger partial charge >= 0.3 is 0 Å². The molecule has 1 fully saturated rings. The van der Waals surface area contributed by atoms with Crippen LogP contribution in [0.15, 0.2) is 35.2 Å². The second kappa shape index (κ2) is 11.1. The minimum atomic E-state index is -0.498. The topological polar surface area (TPSA) is 84.9 Å². The second-order valence-corrected chi connectivity index (χ2v) is 9.62. The Hall–Kier alpha value is -2.53. The number of thioether (sulfide) groups is 1. The second-order valence-electron chi connectivity index (χ2n) is 7.47. The number of carbonyl (C=O) groups is 3. The number of ether oxygens (including phenoxy) is 2. The third-order valence-corrected chi connectivity index (χ3v) is 6.63. The molecule has 1 saturated heterocycles. The van der Waals surface area contributed by atoms with Crippen LogP contribution in [-0.2, 0) is 9.59 Å². The molecule has 0 spiro atoms. The number of nitrogens with zero attached hydrogens (tertiary/aromatic N) is 1. The standard InChI is InChI=1S/C24H25IN2O5S/c1-5-9-32-22-17(25)10-16(11-18(22)31-4)12-19-23(29)27(24(30)33-19)13-20(28)26-21-14(2)7-6-8-15(21)3/h6-8,10-12H,5,9,13H2,1-4H3,(H,26,28)/b19-12-. The first-order chi connectivity index (χ1) is 15.7. The molecule has 1 aliphatic heterocycles. The largest absolute Gasteiger partial charge is 0.493 e. The predicted molar refractivity (Wildman–Crippen MR) is 139 cm³/mol. The van der Waals surface area contributed by atoms with E-state index < -0.39 is 17.1 Å². The van der Waals surface area contributed by atoms with Gasteiger partial charge in [-0.3, -0.25) is 19.3 Å². The van der Waals surface area contributed by atoms with Gasteiger partial charge in [-0.15, -0.1) is 0 Å². The minimum Gasteiger partial charge on any atom is -0.493 e. The van der Waals surface area contributed by atoms with Gasteiger partial charge in [0.2, 0.25) is 5.91 Å². The third-order valence-electron chi connectivity index (χ3n) is 4.92. The Bertz CT molecular complexity index is 1110. The van der Waals surface area contributed by atoms with Gasteiger partial charge in [-0.25, -0.2) is 0 Å². The fraction of sp³-hybridized carbons (Fsp3) is 0.292. The van der Waals surface area contributed by atoms with Crippen molar-refractivity contribution in [3.05, 3.63) is 55.5 Å². The lowest BCUT2D eigenvalue weighted by Crippen LogP contribution is -2.36. The van der Waals surface area contributed by atoms with Crippen LogP contribution < -0.4 is 14.8 Å². The molecule has 3 amide bonds. The number of hydrogen-bond donors (Lipinski definition) is 1. The average molecular weight is 580 g/mol. The van der Waals surface area contributed by atoms with Crippen molar-refractivity contribution in [3.8, 4) is 11.5 Å². The lowest BCUT2D eigenvalue weighted by Gasteiger charge is -2.15. The number of amides is 3. The van der Waals surface area contributed by atoms with E-state index in [2.05, 4.69) is 27.9 Å². The maximum Gasteiger partial charge on any atom is 0.294 e. The summed E-state index contributed by atoms with van der Waals surface area (Å²) >= 11 is 2.96. The number of halogens is 1. The van der Waals surface area contributed by atoms with Crippen molar-refractivity contribution < 1.29 is 23.9 Å². The van der Waals surface area contributed by atoms with E-state index in [0.29, 0.717) is 29.4 Å². The van der Waals surface area contributed by atoms with Gasteiger partial charge in [0.1, 0.15) is 6.54 Å². The summed E-state index contributed by atoms with van der Waals surface area (Å²) in [7, 11) is 1.55. The van der Waals surface area contributed by atoms with E-state index >= 15 is 0 Å². The summed E-state index contributed by atoms with van der Waals surface area (Å²) in [5.74, 6) is 0.272. The molecule has 1 N–H and O–H groups in total. The summed E-state index contributed by atoms with van der Waals surface area (Å²) in [6.07, 6.45) is 2.49. The lowest BCUT2D eigenvalue weighted by atomic mass is 10.1. The van der Waals surface area contributed by atoms with Gasteiger partial charge in [-0.1, -0.05) is 25.1 Å². The molecule has 0 unspecified atom stereocenters. The van der Waals surface area contributed by atoms with Crippen LogP contribution in [0, 0.1) is 17.4 Å². The summed E-state index contributed by atoms with van der Waals surface area (Å²) < 4.78 is 12.0. The average Bonchev–Trinajstić information content (AvgIpc) is 3.02. The van der Waals surface area contributed by atoms with Crippen LogP contribution in [-0.4, -0.2) is 42.2 Å². The molecule has 2 aromatic carbocycles. The van der Waals surface area contributed by atoms with Crippen molar-refractivity contribution in [3.63, 3.8) is 0 Å². The third kappa shape index (κ3) is 5.89. The van der Waals surface area contributed by atoms with E-state index in [4.69, 9.17) is 9.47 Å². The van der Waals surface area contributed by atoms with Gasteiger partial charge in [0.25, 0.3) is 11.1 Å². The van der Waals surface area contributed by atoms with Crippen LogP contribution in [0.3, 0.4) is 0 Å². The van der Waals surface area contributed by atoms with Crippen molar-refractivity contribution in [2.75, 3.05) is 25.6 Å². The molecule has 33 heavy (non-hydrogen) atoms. The van der Waals surface area contributed by atoms with E-state index in [-0.39, 0.29) is 11.4 Å². The number of benzene rings is 2. The van der Waals surface area contributed by atoms with Gasteiger partial charge in [0, 0.05) is 5.69 Å². The van der Waals surface area contributed by atoms with Crippen LogP contribution in [0.4, 0.5) is 10.5 Å². The van der Waals surface area contributed by atoms with Gasteiger partial charge < -0.3 is 14.8 Å². The Labute approximate surface area is 211 Å². The number of rotatable bonds is 8. The molecule has 174 valence electrons. The molecule has 1 aliphatic rings. The maximum absolute atomic E-state index is 12.9. The number of aryl methyl sites for hydroxylation is 2. The first kappa shape index (κ1) is 25.1. The van der Waals surface area contributed by atoms with Gasteiger partial charge in [-0.2, -0.15) is 0 Å². The SMILES string of the molecule is CCCOc1c(I)cc(/C=C2\SC(=O)N(CC(=O)Nc3c(C)cccc3C)C2=O)cc1OC.